The van der Waals surface area contributed by atoms with Gasteiger partial charge >= 0.3 is 0 Å². The van der Waals surface area contributed by atoms with Crippen molar-refractivity contribution in [2.24, 2.45) is 0 Å². The summed E-state index contributed by atoms with van der Waals surface area (Å²) < 4.78 is 33.9. The van der Waals surface area contributed by atoms with Crippen molar-refractivity contribution in [3.05, 3.63) is 88.4 Å². The van der Waals surface area contributed by atoms with E-state index in [4.69, 9.17) is 4.74 Å². The standard InChI is InChI=1S/C24H25BrN2O4S/c1-17-7-13-23(14-8-17)32(29,30)27(21-6-4-5-20(25)15-21)16-24(28)26-18(2)19-9-11-22(31-3)12-10-19/h4-15,18H,16H2,1-3H3,(H,26,28)/t18-/m1/s1. The van der Waals surface area contributed by atoms with E-state index in [9.17, 15) is 13.2 Å². The highest BCUT2D eigenvalue weighted by Gasteiger charge is 2.28. The maximum atomic E-state index is 13.4. The zero-order chi connectivity index (χ0) is 23.3. The average molecular weight is 517 g/mol. The molecule has 0 aromatic heterocycles. The van der Waals surface area contributed by atoms with Crippen LogP contribution in [0.15, 0.2) is 82.2 Å². The summed E-state index contributed by atoms with van der Waals surface area (Å²) in [6.45, 7) is 3.38. The van der Waals surface area contributed by atoms with Crippen molar-refractivity contribution < 1.29 is 17.9 Å². The lowest BCUT2D eigenvalue weighted by Crippen LogP contribution is -2.41. The second-order valence-corrected chi connectivity index (χ2v) is 10.1. The van der Waals surface area contributed by atoms with E-state index < -0.39 is 15.9 Å². The van der Waals surface area contributed by atoms with Crippen LogP contribution in [0.5, 0.6) is 5.75 Å². The molecule has 3 rings (SSSR count). The molecule has 0 fully saturated rings. The van der Waals surface area contributed by atoms with Gasteiger partial charge in [0.05, 0.1) is 23.7 Å². The molecule has 8 heteroatoms. The summed E-state index contributed by atoms with van der Waals surface area (Å²) in [5, 5.41) is 2.88. The number of hydrogen-bond acceptors (Lipinski definition) is 4. The van der Waals surface area contributed by atoms with Crippen LogP contribution >= 0.6 is 15.9 Å². The molecule has 0 saturated carbocycles. The number of halogens is 1. The van der Waals surface area contributed by atoms with Crippen molar-refractivity contribution >= 4 is 37.5 Å². The molecule has 0 heterocycles. The summed E-state index contributed by atoms with van der Waals surface area (Å²) in [4.78, 5) is 13.0. The van der Waals surface area contributed by atoms with E-state index in [2.05, 4.69) is 21.2 Å². The number of carbonyl (C=O) groups is 1. The van der Waals surface area contributed by atoms with Crippen LogP contribution in [-0.4, -0.2) is 28.0 Å². The highest BCUT2D eigenvalue weighted by atomic mass is 79.9. The Bertz CT molecular complexity index is 1180. The second-order valence-electron chi connectivity index (χ2n) is 7.37. The molecule has 0 saturated heterocycles. The quantitative estimate of drug-likeness (QED) is 0.464. The fourth-order valence-electron chi connectivity index (χ4n) is 3.18. The molecular formula is C24H25BrN2O4S. The lowest BCUT2D eigenvalue weighted by molar-refractivity contribution is -0.120. The minimum atomic E-state index is -3.96. The third-order valence-corrected chi connectivity index (χ3v) is 7.27. The van der Waals surface area contributed by atoms with Crippen LogP contribution in [0, 0.1) is 6.92 Å². The van der Waals surface area contributed by atoms with Gasteiger partial charge in [-0.15, -0.1) is 0 Å². The molecule has 1 amide bonds. The van der Waals surface area contributed by atoms with Crippen LogP contribution in [0.2, 0.25) is 0 Å². The van der Waals surface area contributed by atoms with Crippen molar-refractivity contribution in [2.75, 3.05) is 18.0 Å². The number of carbonyl (C=O) groups excluding carboxylic acids is 1. The number of aryl methyl sites for hydroxylation is 1. The zero-order valence-electron chi connectivity index (χ0n) is 18.1. The van der Waals surface area contributed by atoms with Crippen molar-refractivity contribution in [1.29, 1.82) is 0 Å². The fourth-order valence-corrected chi connectivity index (χ4v) is 4.98. The van der Waals surface area contributed by atoms with E-state index in [-0.39, 0.29) is 17.5 Å². The Morgan fingerprint density at radius 1 is 1.06 bits per heavy atom. The first-order valence-electron chi connectivity index (χ1n) is 9.99. The molecule has 0 radical (unpaired) electrons. The van der Waals surface area contributed by atoms with Gasteiger partial charge in [-0.3, -0.25) is 9.10 Å². The first kappa shape index (κ1) is 23.8. The maximum Gasteiger partial charge on any atom is 0.264 e. The number of nitrogens with zero attached hydrogens (tertiary/aromatic N) is 1. The Morgan fingerprint density at radius 3 is 2.31 bits per heavy atom. The van der Waals surface area contributed by atoms with E-state index >= 15 is 0 Å². The van der Waals surface area contributed by atoms with Gasteiger partial charge in [0.1, 0.15) is 12.3 Å². The van der Waals surface area contributed by atoms with Crippen LogP contribution in [0.25, 0.3) is 0 Å². The second kappa shape index (κ2) is 10.2. The molecule has 0 aliphatic rings. The van der Waals surface area contributed by atoms with Crippen LogP contribution in [0.4, 0.5) is 5.69 Å². The van der Waals surface area contributed by atoms with Gasteiger partial charge in [-0.1, -0.05) is 51.8 Å². The van der Waals surface area contributed by atoms with Crippen LogP contribution in [0.3, 0.4) is 0 Å². The largest absolute Gasteiger partial charge is 0.497 e. The Hall–Kier alpha value is -2.84. The van der Waals surface area contributed by atoms with Gasteiger partial charge in [0.2, 0.25) is 5.91 Å². The molecule has 0 unspecified atom stereocenters. The number of hydrogen-bond donors (Lipinski definition) is 1. The molecule has 0 aliphatic heterocycles. The third-order valence-electron chi connectivity index (χ3n) is 4.99. The van der Waals surface area contributed by atoms with Crippen molar-refractivity contribution in [2.45, 2.75) is 24.8 Å². The molecule has 0 aliphatic carbocycles. The van der Waals surface area contributed by atoms with Gasteiger partial charge < -0.3 is 10.1 Å². The Labute approximate surface area is 197 Å². The number of ether oxygens (including phenoxy) is 1. The molecule has 6 nitrogen and oxygen atoms in total. The molecule has 168 valence electrons. The number of anilines is 1. The van der Waals surface area contributed by atoms with E-state index in [0.29, 0.717) is 10.2 Å². The lowest BCUT2D eigenvalue weighted by Gasteiger charge is -2.25. The van der Waals surface area contributed by atoms with E-state index in [1.807, 2.05) is 38.1 Å². The summed E-state index contributed by atoms with van der Waals surface area (Å²) in [5.41, 5.74) is 2.23. The predicted octanol–water partition coefficient (Wildman–Crippen LogP) is 4.84. The molecule has 32 heavy (non-hydrogen) atoms. The van der Waals surface area contributed by atoms with E-state index in [0.717, 1.165) is 21.2 Å². The monoisotopic (exact) mass is 516 g/mol. The fraction of sp³-hybridized carbons (Fsp3) is 0.208. The first-order chi connectivity index (χ1) is 15.2. The van der Waals surface area contributed by atoms with E-state index in [1.165, 1.54) is 0 Å². The molecular weight excluding hydrogens is 492 g/mol. The number of rotatable bonds is 8. The molecule has 1 N–H and O–H groups in total. The smallest absolute Gasteiger partial charge is 0.264 e. The van der Waals surface area contributed by atoms with Gasteiger partial charge in [0.25, 0.3) is 10.0 Å². The molecule has 3 aromatic carbocycles. The highest BCUT2D eigenvalue weighted by molar-refractivity contribution is 9.10. The van der Waals surface area contributed by atoms with Crippen molar-refractivity contribution in [3.8, 4) is 5.75 Å². The minimum absolute atomic E-state index is 0.124. The highest BCUT2D eigenvalue weighted by Crippen LogP contribution is 2.26. The number of methoxy groups -OCH3 is 1. The molecule has 3 aromatic rings. The average Bonchev–Trinajstić information content (AvgIpc) is 2.77. The first-order valence-corrected chi connectivity index (χ1v) is 12.2. The summed E-state index contributed by atoms with van der Waals surface area (Å²) >= 11 is 3.38. The van der Waals surface area contributed by atoms with Crippen LogP contribution in [0.1, 0.15) is 24.1 Å². The minimum Gasteiger partial charge on any atom is -0.497 e. The van der Waals surface area contributed by atoms with Gasteiger partial charge in [-0.2, -0.15) is 0 Å². The van der Waals surface area contributed by atoms with Crippen LogP contribution < -0.4 is 14.4 Å². The molecule has 0 bridgehead atoms. The topological polar surface area (TPSA) is 75.7 Å². The summed E-state index contributed by atoms with van der Waals surface area (Å²) in [7, 11) is -2.37. The van der Waals surface area contributed by atoms with Gasteiger partial charge in [-0.25, -0.2) is 8.42 Å². The molecule has 0 spiro atoms. The SMILES string of the molecule is COc1ccc([C@@H](C)NC(=O)CN(c2cccc(Br)c2)S(=O)(=O)c2ccc(C)cc2)cc1. The van der Waals surface area contributed by atoms with Crippen LogP contribution in [-0.2, 0) is 14.8 Å². The number of sulfonamides is 1. The third kappa shape index (κ3) is 5.69. The van der Waals surface area contributed by atoms with E-state index in [1.54, 1.807) is 55.6 Å². The van der Waals surface area contributed by atoms with Gasteiger partial charge in [0.15, 0.2) is 0 Å². The van der Waals surface area contributed by atoms with Crippen molar-refractivity contribution in [1.82, 2.24) is 5.32 Å². The number of amides is 1. The van der Waals surface area contributed by atoms with Gasteiger partial charge in [0, 0.05) is 4.47 Å². The number of benzene rings is 3. The predicted molar refractivity (Wildman–Crippen MR) is 129 cm³/mol. The van der Waals surface area contributed by atoms with Crippen molar-refractivity contribution in [3.63, 3.8) is 0 Å². The molecule has 1 atom stereocenters. The maximum absolute atomic E-state index is 13.4. The summed E-state index contributed by atoms with van der Waals surface area (Å²) in [6.07, 6.45) is 0. The zero-order valence-corrected chi connectivity index (χ0v) is 20.5. The number of nitrogens with one attached hydrogen (secondary N) is 1. The Kier molecular flexibility index (Phi) is 7.58. The Balaban J connectivity index is 1.86. The Morgan fingerprint density at radius 2 is 1.72 bits per heavy atom. The normalized spacial score (nSPS) is 12.1. The van der Waals surface area contributed by atoms with Gasteiger partial charge in [-0.05, 0) is 61.9 Å². The summed E-state index contributed by atoms with van der Waals surface area (Å²) in [6, 6.07) is 20.5. The summed E-state index contributed by atoms with van der Waals surface area (Å²) in [5.74, 6) is 0.307. The lowest BCUT2D eigenvalue weighted by atomic mass is 10.1.